The molecule has 0 saturated heterocycles. The smallest absolute Gasteiger partial charge is 0.00296 e. The van der Waals surface area contributed by atoms with Crippen LogP contribution in [-0.2, 0) is 0 Å². The molecule has 0 heterocycles. The van der Waals surface area contributed by atoms with Crippen molar-refractivity contribution in [1.82, 2.24) is 0 Å². The zero-order valence-electron chi connectivity index (χ0n) is 7.61. The third-order valence-electron chi connectivity index (χ3n) is 1.21. The first-order chi connectivity index (χ1) is 4.83. The Labute approximate surface area is 82.4 Å². The molecule has 0 aliphatic heterocycles. The molecule has 0 aromatic carbocycles. The zero-order valence-corrected chi connectivity index (χ0v) is 9.18. The van der Waals surface area contributed by atoms with Crippen LogP contribution in [0.1, 0.15) is 46.0 Å². The molecule has 0 atom stereocenters. The van der Waals surface area contributed by atoms with Crippen molar-refractivity contribution in [3.8, 4) is 0 Å². The molecule has 0 bridgehead atoms. The van der Waals surface area contributed by atoms with Gasteiger partial charge in [-0.2, -0.15) is 0 Å². The van der Waals surface area contributed by atoms with Crippen LogP contribution in [0.5, 0.6) is 0 Å². The highest BCUT2D eigenvalue weighted by atomic mass is 35.5. The standard InChI is InChI=1S/C7H16.C2H3Cl.ClH/c1-3-5-7-6-4-2;1-2-3;/h3-7H2,1-2H3;2H,1H2;1H. The second-order valence-corrected chi connectivity index (χ2v) is 2.52. The summed E-state index contributed by atoms with van der Waals surface area (Å²) in [6, 6.07) is 0. The highest BCUT2D eigenvalue weighted by molar-refractivity contribution is 6.25. The minimum absolute atomic E-state index is 0. The average molecular weight is 199 g/mol. The van der Waals surface area contributed by atoms with Gasteiger partial charge in [-0.15, -0.1) is 12.4 Å². The van der Waals surface area contributed by atoms with E-state index in [1.807, 2.05) is 0 Å². The molecule has 0 aromatic rings. The second-order valence-electron chi connectivity index (χ2n) is 2.21. The third-order valence-corrected chi connectivity index (χ3v) is 1.21. The SMILES string of the molecule is C=CCl.CCCCCCC.Cl. The van der Waals surface area contributed by atoms with Crippen molar-refractivity contribution in [2.75, 3.05) is 0 Å². The van der Waals surface area contributed by atoms with Crippen LogP contribution in [0.3, 0.4) is 0 Å². The summed E-state index contributed by atoms with van der Waals surface area (Å²) in [6.07, 6.45) is 7.01. The van der Waals surface area contributed by atoms with E-state index in [4.69, 9.17) is 11.6 Å². The first kappa shape index (κ1) is 17.4. The largest absolute Gasteiger partial charge is 0.147 e. The fourth-order valence-electron chi connectivity index (χ4n) is 0.677. The summed E-state index contributed by atoms with van der Waals surface area (Å²) in [6.45, 7) is 7.62. The molecule has 0 aromatic heterocycles. The molecule has 0 unspecified atom stereocenters. The van der Waals surface area contributed by atoms with E-state index in [2.05, 4.69) is 20.4 Å². The van der Waals surface area contributed by atoms with Gasteiger partial charge in [-0.1, -0.05) is 64.1 Å². The fourth-order valence-corrected chi connectivity index (χ4v) is 0.677. The van der Waals surface area contributed by atoms with Crippen molar-refractivity contribution in [3.05, 3.63) is 12.1 Å². The van der Waals surface area contributed by atoms with Gasteiger partial charge in [-0.3, -0.25) is 0 Å². The molecule has 0 radical (unpaired) electrons. The van der Waals surface area contributed by atoms with E-state index in [9.17, 15) is 0 Å². The lowest BCUT2D eigenvalue weighted by Crippen LogP contribution is -1.70. The quantitative estimate of drug-likeness (QED) is 0.572. The lowest BCUT2D eigenvalue weighted by Gasteiger charge is -1.90. The van der Waals surface area contributed by atoms with E-state index >= 15 is 0 Å². The maximum absolute atomic E-state index is 4.76. The van der Waals surface area contributed by atoms with Gasteiger partial charge in [0.05, 0.1) is 0 Å². The number of hydrogen-bond acceptors (Lipinski definition) is 0. The lowest BCUT2D eigenvalue weighted by molar-refractivity contribution is 0.656. The van der Waals surface area contributed by atoms with Crippen molar-refractivity contribution in [2.24, 2.45) is 0 Å². The summed E-state index contributed by atoms with van der Waals surface area (Å²) in [5.74, 6) is 0. The van der Waals surface area contributed by atoms with E-state index in [-0.39, 0.29) is 12.4 Å². The summed E-state index contributed by atoms with van der Waals surface area (Å²) in [5.41, 5.74) is 1.22. The normalized spacial score (nSPS) is 7.18. The molecular formula is C9H20Cl2. The van der Waals surface area contributed by atoms with Crippen LogP contribution in [0.15, 0.2) is 12.1 Å². The van der Waals surface area contributed by atoms with Gasteiger partial charge in [0.15, 0.2) is 0 Å². The Morgan fingerprint density at radius 2 is 1.36 bits per heavy atom. The molecule has 0 fully saturated rings. The number of unbranched alkanes of at least 4 members (excludes halogenated alkanes) is 4. The van der Waals surface area contributed by atoms with Crippen molar-refractivity contribution in [1.29, 1.82) is 0 Å². The first-order valence-corrected chi connectivity index (χ1v) is 4.48. The summed E-state index contributed by atoms with van der Waals surface area (Å²) in [7, 11) is 0. The molecule has 0 amide bonds. The molecule has 0 nitrogen and oxygen atoms in total. The molecular weight excluding hydrogens is 179 g/mol. The lowest BCUT2D eigenvalue weighted by atomic mass is 10.2. The molecule has 0 rings (SSSR count). The number of halogens is 2. The molecule has 0 N–H and O–H groups in total. The van der Waals surface area contributed by atoms with Crippen LogP contribution in [0, 0.1) is 0 Å². The maximum atomic E-state index is 4.76. The van der Waals surface area contributed by atoms with Gasteiger partial charge in [0, 0.05) is 0 Å². The van der Waals surface area contributed by atoms with Gasteiger partial charge in [-0.05, 0) is 5.54 Å². The van der Waals surface area contributed by atoms with Crippen LogP contribution < -0.4 is 0 Å². The van der Waals surface area contributed by atoms with E-state index in [0.717, 1.165) is 0 Å². The summed E-state index contributed by atoms with van der Waals surface area (Å²) in [4.78, 5) is 0. The van der Waals surface area contributed by atoms with Crippen LogP contribution in [-0.4, -0.2) is 0 Å². The zero-order chi connectivity index (χ0) is 8.24. The Morgan fingerprint density at radius 1 is 1.09 bits per heavy atom. The van der Waals surface area contributed by atoms with E-state index < -0.39 is 0 Å². The van der Waals surface area contributed by atoms with E-state index in [0.29, 0.717) is 0 Å². The molecule has 0 aliphatic carbocycles. The fraction of sp³-hybridized carbons (Fsp3) is 0.778. The Morgan fingerprint density at radius 3 is 1.55 bits per heavy atom. The number of rotatable bonds is 4. The minimum Gasteiger partial charge on any atom is -0.147 e. The molecule has 0 saturated carbocycles. The van der Waals surface area contributed by atoms with Crippen LogP contribution >= 0.6 is 24.0 Å². The highest BCUT2D eigenvalue weighted by Crippen LogP contribution is 2.00. The van der Waals surface area contributed by atoms with Crippen LogP contribution in [0.4, 0.5) is 0 Å². The Balaban J connectivity index is -0.000000140. The topological polar surface area (TPSA) is 0 Å². The predicted octanol–water partition coefficient (Wildman–Crippen LogP) is 4.77. The first-order valence-electron chi connectivity index (χ1n) is 4.04. The van der Waals surface area contributed by atoms with Gasteiger partial charge in [0.1, 0.15) is 0 Å². The van der Waals surface area contributed by atoms with Crippen molar-refractivity contribution >= 4 is 24.0 Å². The Bertz CT molecular complexity index is 49.5. The Kier molecular flexibility index (Phi) is 35.5. The van der Waals surface area contributed by atoms with Crippen LogP contribution in [0.25, 0.3) is 0 Å². The predicted molar refractivity (Wildman–Crippen MR) is 57.7 cm³/mol. The third kappa shape index (κ3) is 38.3. The second kappa shape index (κ2) is 22.4. The molecule has 0 spiro atoms. The average Bonchev–Trinajstić information content (AvgIpc) is 1.91. The Hall–Kier alpha value is 0.320. The van der Waals surface area contributed by atoms with Gasteiger partial charge in [0.2, 0.25) is 0 Å². The minimum atomic E-state index is 0. The van der Waals surface area contributed by atoms with E-state index in [1.54, 1.807) is 0 Å². The molecule has 2 heteroatoms. The summed E-state index contributed by atoms with van der Waals surface area (Å²) in [5, 5.41) is 0. The highest BCUT2D eigenvalue weighted by Gasteiger charge is 1.80. The van der Waals surface area contributed by atoms with Crippen LogP contribution in [0.2, 0.25) is 0 Å². The molecule has 11 heavy (non-hydrogen) atoms. The summed E-state index contributed by atoms with van der Waals surface area (Å²) < 4.78 is 0. The van der Waals surface area contributed by atoms with Gasteiger partial charge < -0.3 is 0 Å². The van der Waals surface area contributed by atoms with E-state index in [1.165, 1.54) is 37.6 Å². The maximum Gasteiger partial charge on any atom is -0.00296 e. The van der Waals surface area contributed by atoms with Crippen molar-refractivity contribution in [3.63, 3.8) is 0 Å². The monoisotopic (exact) mass is 198 g/mol. The number of hydrogen-bond donors (Lipinski definition) is 0. The molecule has 0 aliphatic rings. The van der Waals surface area contributed by atoms with Gasteiger partial charge in [0.25, 0.3) is 0 Å². The molecule has 70 valence electrons. The summed E-state index contributed by atoms with van der Waals surface area (Å²) >= 11 is 4.76. The van der Waals surface area contributed by atoms with Gasteiger partial charge >= 0.3 is 0 Å². The van der Waals surface area contributed by atoms with Crippen molar-refractivity contribution in [2.45, 2.75) is 46.0 Å². The van der Waals surface area contributed by atoms with Gasteiger partial charge in [-0.25, -0.2) is 0 Å². The van der Waals surface area contributed by atoms with Crippen molar-refractivity contribution < 1.29 is 0 Å².